The lowest BCUT2D eigenvalue weighted by molar-refractivity contribution is 0.112. The summed E-state index contributed by atoms with van der Waals surface area (Å²) in [5, 5.41) is 0. The molecule has 2 aromatic carbocycles. The van der Waals surface area contributed by atoms with Crippen molar-refractivity contribution in [3.05, 3.63) is 53.8 Å². The zero-order chi connectivity index (χ0) is 15.9. The van der Waals surface area contributed by atoms with Gasteiger partial charge >= 0.3 is 0 Å². The maximum Gasteiger partial charge on any atom is 0.153 e. The first-order chi connectivity index (χ1) is 10.7. The zero-order valence-corrected chi connectivity index (χ0v) is 13.0. The third-order valence-electron chi connectivity index (χ3n) is 3.69. The Morgan fingerprint density at radius 2 is 1.86 bits per heavy atom. The summed E-state index contributed by atoms with van der Waals surface area (Å²) in [5.74, 6) is 0.305. The van der Waals surface area contributed by atoms with Gasteiger partial charge in [0.2, 0.25) is 0 Å². The number of benzene rings is 2. The maximum absolute atomic E-state index is 14.2. The molecule has 2 aromatic rings. The van der Waals surface area contributed by atoms with Crippen LogP contribution in [0.2, 0.25) is 0 Å². The van der Waals surface area contributed by atoms with E-state index in [4.69, 9.17) is 4.74 Å². The summed E-state index contributed by atoms with van der Waals surface area (Å²) in [7, 11) is 0. The fraction of sp³-hybridized carbons (Fsp3) is 0.316. The molecule has 0 aliphatic carbocycles. The first-order valence-electron chi connectivity index (χ1n) is 7.70. The summed E-state index contributed by atoms with van der Waals surface area (Å²) >= 11 is 0. The van der Waals surface area contributed by atoms with Crippen molar-refractivity contribution in [3.8, 4) is 16.9 Å². The predicted octanol–water partition coefficient (Wildman–Crippen LogP) is 5.26. The molecule has 2 rings (SSSR count). The molecule has 116 valence electrons. The van der Waals surface area contributed by atoms with Crippen molar-refractivity contribution in [3.63, 3.8) is 0 Å². The molecular formula is C19H21FO2. The lowest BCUT2D eigenvalue weighted by Crippen LogP contribution is -2.14. The molecule has 1 atom stereocenters. The summed E-state index contributed by atoms with van der Waals surface area (Å²) in [4.78, 5) is 10.8. The minimum Gasteiger partial charge on any atom is -0.490 e. The van der Waals surface area contributed by atoms with Crippen LogP contribution in [0.1, 0.15) is 43.5 Å². The summed E-state index contributed by atoms with van der Waals surface area (Å²) < 4.78 is 20.1. The molecule has 0 radical (unpaired) electrons. The van der Waals surface area contributed by atoms with Crippen LogP contribution in [-0.2, 0) is 0 Å². The highest BCUT2D eigenvalue weighted by Gasteiger charge is 2.10. The van der Waals surface area contributed by atoms with E-state index < -0.39 is 5.82 Å². The van der Waals surface area contributed by atoms with Crippen LogP contribution >= 0.6 is 0 Å². The second-order valence-electron chi connectivity index (χ2n) is 5.29. The largest absolute Gasteiger partial charge is 0.490 e. The van der Waals surface area contributed by atoms with Gasteiger partial charge in [0.25, 0.3) is 0 Å². The molecule has 0 fully saturated rings. The molecule has 0 saturated carbocycles. The molecule has 0 saturated heterocycles. The Labute approximate surface area is 130 Å². The highest BCUT2D eigenvalue weighted by Crippen LogP contribution is 2.27. The Bertz CT molecular complexity index is 620. The van der Waals surface area contributed by atoms with E-state index >= 15 is 0 Å². The van der Waals surface area contributed by atoms with Gasteiger partial charge in [-0.1, -0.05) is 44.5 Å². The lowest BCUT2D eigenvalue weighted by Gasteiger charge is -2.17. The summed E-state index contributed by atoms with van der Waals surface area (Å²) in [6.45, 7) is 4.24. The van der Waals surface area contributed by atoms with E-state index in [2.05, 4.69) is 13.8 Å². The SMILES string of the molecule is CCCC(CC)Oc1ccc(-c2cccc(C=O)c2F)cc1. The fourth-order valence-corrected chi connectivity index (χ4v) is 2.44. The van der Waals surface area contributed by atoms with Crippen molar-refractivity contribution in [1.29, 1.82) is 0 Å². The smallest absolute Gasteiger partial charge is 0.153 e. The van der Waals surface area contributed by atoms with E-state index in [0.717, 1.165) is 30.6 Å². The van der Waals surface area contributed by atoms with Crippen LogP contribution in [0, 0.1) is 5.82 Å². The van der Waals surface area contributed by atoms with Crippen LogP contribution in [0.4, 0.5) is 4.39 Å². The van der Waals surface area contributed by atoms with Crippen LogP contribution in [0.5, 0.6) is 5.75 Å². The first-order valence-corrected chi connectivity index (χ1v) is 7.70. The molecule has 0 spiro atoms. The van der Waals surface area contributed by atoms with Crippen molar-refractivity contribution in [1.82, 2.24) is 0 Å². The van der Waals surface area contributed by atoms with Crippen molar-refractivity contribution in [2.24, 2.45) is 0 Å². The molecular weight excluding hydrogens is 279 g/mol. The third kappa shape index (κ3) is 3.73. The van der Waals surface area contributed by atoms with Gasteiger partial charge in [0.1, 0.15) is 11.6 Å². The lowest BCUT2D eigenvalue weighted by atomic mass is 10.0. The van der Waals surface area contributed by atoms with Crippen molar-refractivity contribution < 1.29 is 13.9 Å². The van der Waals surface area contributed by atoms with Gasteiger partial charge in [-0.15, -0.1) is 0 Å². The highest BCUT2D eigenvalue weighted by molar-refractivity contribution is 5.79. The van der Waals surface area contributed by atoms with Gasteiger partial charge < -0.3 is 4.74 Å². The molecule has 0 heterocycles. The van der Waals surface area contributed by atoms with Crippen molar-refractivity contribution in [2.45, 2.75) is 39.2 Å². The Balaban J connectivity index is 2.20. The third-order valence-corrected chi connectivity index (χ3v) is 3.69. The molecule has 0 N–H and O–H groups in total. The second-order valence-corrected chi connectivity index (χ2v) is 5.29. The number of carbonyl (C=O) groups excluding carboxylic acids is 1. The van der Waals surface area contributed by atoms with Gasteiger partial charge in [-0.2, -0.15) is 0 Å². The van der Waals surface area contributed by atoms with Gasteiger partial charge in [-0.3, -0.25) is 4.79 Å². The van der Waals surface area contributed by atoms with Gasteiger partial charge in [-0.05, 0) is 36.6 Å². The van der Waals surface area contributed by atoms with Crippen LogP contribution in [0.25, 0.3) is 11.1 Å². The molecule has 22 heavy (non-hydrogen) atoms. The topological polar surface area (TPSA) is 26.3 Å². The average Bonchev–Trinajstić information content (AvgIpc) is 2.55. The monoisotopic (exact) mass is 300 g/mol. The molecule has 3 heteroatoms. The van der Waals surface area contributed by atoms with E-state index in [9.17, 15) is 9.18 Å². The quantitative estimate of drug-likeness (QED) is 0.652. The number of carbonyl (C=O) groups is 1. The molecule has 0 aromatic heterocycles. The average molecular weight is 300 g/mol. The number of hydrogen-bond donors (Lipinski definition) is 0. The minimum atomic E-state index is -0.483. The molecule has 0 aliphatic heterocycles. The molecule has 0 amide bonds. The van der Waals surface area contributed by atoms with Gasteiger partial charge in [0.05, 0.1) is 11.7 Å². The molecule has 1 unspecified atom stereocenters. The molecule has 2 nitrogen and oxygen atoms in total. The van der Waals surface area contributed by atoms with E-state index in [0.29, 0.717) is 11.8 Å². The van der Waals surface area contributed by atoms with Crippen LogP contribution in [-0.4, -0.2) is 12.4 Å². The normalized spacial score (nSPS) is 12.0. The van der Waals surface area contributed by atoms with Crippen LogP contribution in [0.15, 0.2) is 42.5 Å². The van der Waals surface area contributed by atoms with Gasteiger partial charge in [0, 0.05) is 5.56 Å². The van der Waals surface area contributed by atoms with Crippen LogP contribution < -0.4 is 4.74 Å². The van der Waals surface area contributed by atoms with E-state index in [-0.39, 0.29) is 11.7 Å². The van der Waals surface area contributed by atoms with Gasteiger partial charge in [-0.25, -0.2) is 4.39 Å². The number of halogens is 1. The molecule has 0 bridgehead atoms. The number of aldehydes is 1. The minimum absolute atomic E-state index is 0.0758. The van der Waals surface area contributed by atoms with E-state index in [1.165, 1.54) is 6.07 Å². The van der Waals surface area contributed by atoms with E-state index in [1.807, 2.05) is 24.3 Å². The fourth-order valence-electron chi connectivity index (χ4n) is 2.44. The predicted molar refractivity (Wildman–Crippen MR) is 86.8 cm³/mol. The molecule has 0 aliphatic rings. The van der Waals surface area contributed by atoms with Crippen LogP contribution in [0.3, 0.4) is 0 Å². The highest BCUT2D eigenvalue weighted by atomic mass is 19.1. The maximum atomic E-state index is 14.2. The second kappa shape index (κ2) is 7.74. The number of ether oxygens (including phenoxy) is 1. The van der Waals surface area contributed by atoms with E-state index in [1.54, 1.807) is 12.1 Å². The summed E-state index contributed by atoms with van der Waals surface area (Å²) in [6, 6.07) is 12.2. The Hall–Kier alpha value is -2.16. The summed E-state index contributed by atoms with van der Waals surface area (Å²) in [6.07, 6.45) is 3.82. The standard InChI is InChI=1S/C19H21FO2/c1-3-6-16(4-2)22-17-11-9-14(10-12-17)18-8-5-7-15(13-21)19(18)20/h5,7-13,16H,3-4,6H2,1-2H3. The first kappa shape index (κ1) is 16.2. The Kier molecular flexibility index (Phi) is 5.70. The zero-order valence-electron chi connectivity index (χ0n) is 13.0. The summed E-state index contributed by atoms with van der Waals surface area (Å²) in [5.41, 5.74) is 1.24. The number of hydrogen-bond acceptors (Lipinski definition) is 2. The van der Waals surface area contributed by atoms with Gasteiger partial charge in [0.15, 0.2) is 6.29 Å². The van der Waals surface area contributed by atoms with Crippen molar-refractivity contribution >= 4 is 6.29 Å². The Morgan fingerprint density at radius 3 is 2.45 bits per heavy atom. The Morgan fingerprint density at radius 1 is 1.14 bits per heavy atom. The van der Waals surface area contributed by atoms with Crippen molar-refractivity contribution in [2.75, 3.05) is 0 Å². The number of rotatable bonds is 7.